The Morgan fingerprint density at radius 1 is 1.16 bits per heavy atom. The molecular formula is C22H25N5O3S. The molecule has 2 aromatic heterocycles. The molecule has 2 fully saturated rings. The molecule has 1 amide bonds. The summed E-state index contributed by atoms with van der Waals surface area (Å²) in [6.45, 7) is 2.37. The SMILES string of the molecule is O=C(NCc1ccc(S(=O)(=O)N2CCC3(CCCN3)C2)cc1)c1ccc2nccn2c1. The molecule has 2 aliphatic rings. The summed E-state index contributed by atoms with van der Waals surface area (Å²) in [5.41, 5.74) is 2.11. The summed E-state index contributed by atoms with van der Waals surface area (Å²) < 4.78 is 29.5. The lowest BCUT2D eigenvalue weighted by molar-refractivity contribution is 0.0950. The highest BCUT2D eigenvalue weighted by atomic mass is 32.2. The molecule has 1 aromatic carbocycles. The van der Waals surface area contributed by atoms with E-state index in [4.69, 9.17) is 0 Å². The van der Waals surface area contributed by atoms with Crippen molar-refractivity contribution in [3.8, 4) is 0 Å². The van der Waals surface area contributed by atoms with E-state index in [0.29, 0.717) is 30.1 Å². The summed E-state index contributed by atoms with van der Waals surface area (Å²) in [4.78, 5) is 16.9. The molecule has 162 valence electrons. The van der Waals surface area contributed by atoms with Crippen molar-refractivity contribution in [2.24, 2.45) is 0 Å². The molecule has 0 radical (unpaired) electrons. The van der Waals surface area contributed by atoms with Gasteiger partial charge in [-0.1, -0.05) is 12.1 Å². The van der Waals surface area contributed by atoms with Crippen LogP contribution in [0, 0.1) is 0 Å². The Morgan fingerprint density at radius 3 is 2.77 bits per heavy atom. The quantitative estimate of drug-likeness (QED) is 0.632. The first-order valence-corrected chi connectivity index (χ1v) is 11.9. The fourth-order valence-corrected chi connectivity index (χ4v) is 6.05. The third-order valence-electron chi connectivity index (χ3n) is 6.32. The van der Waals surface area contributed by atoms with E-state index in [2.05, 4.69) is 15.6 Å². The number of amides is 1. The molecule has 0 aliphatic carbocycles. The van der Waals surface area contributed by atoms with Gasteiger partial charge >= 0.3 is 0 Å². The molecule has 1 spiro atoms. The van der Waals surface area contributed by atoms with Crippen LogP contribution in [0.5, 0.6) is 0 Å². The number of carbonyl (C=O) groups is 1. The topological polar surface area (TPSA) is 95.8 Å². The Kier molecular flexibility index (Phi) is 5.04. The number of benzene rings is 1. The Hall–Kier alpha value is -2.75. The molecule has 3 aromatic rings. The van der Waals surface area contributed by atoms with Gasteiger partial charge in [-0.2, -0.15) is 4.31 Å². The van der Waals surface area contributed by atoms with E-state index in [1.165, 1.54) is 0 Å². The van der Waals surface area contributed by atoms with Crippen molar-refractivity contribution in [2.45, 2.75) is 36.2 Å². The number of imidazole rings is 1. The maximum atomic E-state index is 13.0. The molecule has 1 atom stereocenters. The number of sulfonamides is 1. The van der Waals surface area contributed by atoms with Crippen molar-refractivity contribution in [3.63, 3.8) is 0 Å². The van der Waals surface area contributed by atoms with E-state index in [1.807, 2.05) is 0 Å². The van der Waals surface area contributed by atoms with E-state index in [0.717, 1.165) is 37.0 Å². The number of hydrogen-bond donors (Lipinski definition) is 2. The van der Waals surface area contributed by atoms with E-state index in [9.17, 15) is 13.2 Å². The summed E-state index contributed by atoms with van der Waals surface area (Å²) in [5.74, 6) is -0.196. The fourth-order valence-electron chi connectivity index (χ4n) is 4.52. The van der Waals surface area contributed by atoms with Crippen molar-refractivity contribution in [2.75, 3.05) is 19.6 Å². The van der Waals surface area contributed by atoms with Crippen LogP contribution in [0.3, 0.4) is 0 Å². The Balaban J connectivity index is 1.23. The highest BCUT2D eigenvalue weighted by Crippen LogP contribution is 2.33. The lowest BCUT2D eigenvalue weighted by Gasteiger charge is -2.24. The third kappa shape index (κ3) is 3.84. The molecule has 31 heavy (non-hydrogen) atoms. The van der Waals surface area contributed by atoms with Gasteiger partial charge in [0.05, 0.1) is 10.5 Å². The first-order valence-electron chi connectivity index (χ1n) is 10.5. The zero-order valence-corrected chi connectivity index (χ0v) is 17.9. The van der Waals surface area contributed by atoms with Crippen LogP contribution in [0.15, 0.2) is 59.9 Å². The summed E-state index contributed by atoms with van der Waals surface area (Å²) in [5, 5.41) is 6.37. The molecule has 2 aliphatic heterocycles. The van der Waals surface area contributed by atoms with Gasteiger partial charge in [0.2, 0.25) is 10.0 Å². The Labute approximate surface area is 181 Å². The average Bonchev–Trinajstić information content (AvgIpc) is 3.54. The second kappa shape index (κ2) is 7.74. The van der Waals surface area contributed by atoms with Crippen molar-refractivity contribution >= 4 is 21.6 Å². The van der Waals surface area contributed by atoms with Gasteiger partial charge in [0.25, 0.3) is 5.91 Å². The Morgan fingerprint density at radius 2 is 2.00 bits per heavy atom. The van der Waals surface area contributed by atoms with Crippen LogP contribution in [0.25, 0.3) is 5.65 Å². The first-order chi connectivity index (χ1) is 15.0. The van der Waals surface area contributed by atoms with Crippen molar-refractivity contribution in [1.82, 2.24) is 24.3 Å². The normalized spacial score (nSPS) is 21.8. The maximum Gasteiger partial charge on any atom is 0.253 e. The summed E-state index contributed by atoms with van der Waals surface area (Å²) in [6, 6.07) is 10.3. The fraction of sp³-hybridized carbons (Fsp3) is 0.364. The minimum atomic E-state index is -3.51. The van der Waals surface area contributed by atoms with Gasteiger partial charge in [0, 0.05) is 43.8 Å². The van der Waals surface area contributed by atoms with Gasteiger partial charge in [-0.05, 0) is 55.6 Å². The van der Waals surface area contributed by atoms with Crippen molar-refractivity contribution in [1.29, 1.82) is 0 Å². The van der Waals surface area contributed by atoms with Gasteiger partial charge in [-0.25, -0.2) is 13.4 Å². The van der Waals surface area contributed by atoms with Gasteiger partial charge < -0.3 is 15.0 Å². The van der Waals surface area contributed by atoms with Crippen molar-refractivity contribution in [3.05, 3.63) is 66.1 Å². The van der Waals surface area contributed by atoms with Gasteiger partial charge in [0.15, 0.2) is 0 Å². The lowest BCUT2D eigenvalue weighted by Crippen LogP contribution is -2.43. The third-order valence-corrected chi connectivity index (χ3v) is 8.18. The molecule has 1 unspecified atom stereocenters. The molecule has 4 heterocycles. The molecule has 0 saturated carbocycles. The monoisotopic (exact) mass is 439 g/mol. The molecule has 8 nitrogen and oxygen atoms in total. The zero-order chi connectivity index (χ0) is 21.5. The number of pyridine rings is 1. The number of rotatable bonds is 5. The van der Waals surface area contributed by atoms with Crippen molar-refractivity contribution < 1.29 is 13.2 Å². The van der Waals surface area contributed by atoms with Crippen LogP contribution < -0.4 is 10.6 Å². The molecule has 2 saturated heterocycles. The molecule has 0 bridgehead atoms. The van der Waals surface area contributed by atoms with Gasteiger partial charge in [0.1, 0.15) is 5.65 Å². The standard InChI is InChI=1S/C22H25N5O3S/c28-21(18-4-7-20-23-11-13-26(20)15-18)24-14-17-2-5-19(6-3-17)31(29,30)27-12-9-22(16-27)8-1-10-25-22/h2-7,11,13,15,25H,1,8-10,12,14,16H2,(H,24,28). The van der Waals surface area contributed by atoms with E-state index in [1.54, 1.807) is 63.7 Å². The van der Waals surface area contributed by atoms with E-state index >= 15 is 0 Å². The number of nitrogens with one attached hydrogen (secondary N) is 2. The van der Waals surface area contributed by atoms with E-state index < -0.39 is 10.0 Å². The minimum Gasteiger partial charge on any atom is -0.348 e. The smallest absolute Gasteiger partial charge is 0.253 e. The predicted molar refractivity (Wildman–Crippen MR) is 116 cm³/mol. The second-order valence-corrected chi connectivity index (χ2v) is 10.3. The molecular weight excluding hydrogens is 414 g/mol. The average molecular weight is 440 g/mol. The number of carbonyl (C=O) groups excluding carboxylic acids is 1. The first kappa shape index (κ1) is 20.2. The highest BCUT2D eigenvalue weighted by Gasteiger charge is 2.44. The summed E-state index contributed by atoms with van der Waals surface area (Å²) in [6.07, 6.45) is 8.20. The molecule has 2 N–H and O–H groups in total. The number of fused-ring (bicyclic) bond motifs is 1. The second-order valence-electron chi connectivity index (χ2n) is 8.34. The van der Waals surface area contributed by atoms with Crippen LogP contribution in [0.1, 0.15) is 35.2 Å². The Bertz CT molecular complexity index is 1210. The molecule has 9 heteroatoms. The minimum absolute atomic E-state index is 0.0446. The number of nitrogens with zero attached hydrogens (tertiary/aromatic N) is 3. The summed E-state index contributed by atoms with van der Waals surface area (Å²) in [7, 11) is -3.51. The van der Waals surface area contributed by atoms with Crippen LogP contribution in [-0.4, -0.2) is 53.2 Å². The zero-order valence-electron chi connectivity index (χ0n) is 17.1. The number of hydrogen-bond acceptors (Lipinski definition) is 5. The number of aromatic nitrogens is 2. The lowest BCUT2D eigenvalue weighted by atomic mass is 9.97. The van der Waals surface area contributed by atoms with Crippen LogP contribution in [0.4, 0.5) is 0 Å². The predicted octanol–water partition coefficient (Wildman–Crippen LogP) is 1.78. The van der Waals surface area contributed by atoms with Gasteiger partial charge in [-0.3, -0.25) is 4.79 Å². The maximum absolute atomic E-state index is 13.0. The largest absolute Gasteiger partial charge is 0.348 e. The highest BCUT2D eigenvalue weighted by molar-refractivity contribution is 7.89. The van der Waals surface area contributed by atoms with Gasteiger partial charge in [-0.15, -0.1) is 0 Å². The summed E-state index contributed by atoms with van der Waals surface area (Å²) >= 11 is 0. The van der Waals surface area contributed by atoms with Crippen LogP contribution in [0.2, 0.25) is 0 Å². The van der Waals surface area contributed by atoms with Crippen LogP contribution in [-0.2, 0) is 16.6 Å². The van der Waals surface area contributed by atoms with E-state index in [-0.39, 0.29) is 11.4 Å². The molecule has 5 rings (SSSR count). The van der Waals surface area contributed by atoms with Crippen LogP contribution >= 0.6 is 0 Å².